The summed E-state index contributed by atoms with van der Waals surface area (Å²) < 4.78 is 5.83. The van der Waals surface area contributed by atoms with Gasteiger partial charge in [0.1, 0.15) is 11.4 Å². The van der Waals surface area contributed by atoms with Gasteiger partial charge < -0.3 is 14.7 Å². The number of amides is 1. The molecule has 0 bridgehead atoms. The number of aliphatic hydroxyl groups is 1. The minimum Gasteiger partial charge on any atom is -0.476 e. The highest BCUT2D eigenvalue weighted by molar-refractivity contribution is 6.35. The van der Waals surface area contributed by atoms with E-state index in [1.54, 1.807) is 32.3 Å². The van der Waals surface area contributed by atoms with E-state index in [0.717, 1.165) is 19.3 Å². The molecule has 1 aromatic rings. The molecular weight excluding hydrogens is 325 g/mol. The maximum atomic E-state index is 12.5. The number of likely N-dealkylation sites (N-methyl/N-ethyl adjacent to an activating group) is 1. The molecule has 0 heterocycles. The summed E-state index contributed by atoms with van der Waals surface area (Å²) in [6, 6.07) is 4.82. The summed E-state index contributed by atoms with van der Waals surface area (Å²) in [4.78, 5) is 13.9. The lowest BCUT2D eigenvalue weighted by molar-refractivity contribution is -0.154. The van der Waals surface area contributed by atoms with E-state index in [9.17, 15) is 9.90 Å². The molecule has 0 spiro atoms. The summed E-state index contributed by atoms with van der Waals surface area (Å²) in [6.07, 6.45) is 2.94. The van der Waals surface area contributed by atoms with Crippen LogP contribution in [0.1, 0.15) is 32.1 Å². The molecule has 0 aromatic heterocycles. The fraction of sp³-hybridized carbons (Fsp3) is 0.562. The topological polar surface area (TPSA) is 49.8 Å². The van der Waals surface area contributed by atoms with Crippen LogP contribution in [0.15, 0.2) is 18.2 Å². The Hall–Kier alpha value is -0.970. The number of hydrogen-bond acceptors (Lipinski definition) is 3. The molecule has 1 unspecified atom stereocenters. The first-order chi connectivity index (χ1) is 10.3. The van der Waals surface area contributed by atoms with Crippen LogP contribution in [0.5, 0.6) is 5.75 Å². The predicted molar refractivity (Wildman–Crippen MR) is 87.6 cm³/mol. The summed E-state index contributed by atoms with van der Waals surface area (Å²) in [7, 11) is 3.29. The quantitative estimate of drug-likeness (QED) is 0.908. The molecule has 1 atom stereocenters. The van der Waals surface area contributed by atoms with Gasteiger partial charge >= 0.3 is 0 Å². The van der Waals surface area contributed by atoms with Crippen LogP contribution in [-0.2, 0) is 4.79 Å². The van der Waals surface area contributed by atoms with Gasteiger partial charge in [0.15, 0.2) is 0 Å². The van der Waals surface area contributed by atoms with Crippen LogP contribution < -0.4 is 4.74 Å². The molecule has 1 aromatic carbocycles. The zero-order valence-electron chi connectivity index (χ0n) is 12.8. The van der Waals surface area contributed by atoms with E-state index in [-0.39, 0.29) is 5.91 Å². The average Bonchev–Trinajstić information content (AvgIpc) is 2.46. The molecule has 6 heteroatoms. The van der Waals surface area contributed by atoms with Gasteiger partial charge in [-0.05, 0) is 31.0 Å². The first-order valence-corrected chi connectivity index (χ1v) is 8.14. The van der Waals surface area contributed by atoms with Crippen molar-refractivity contribution in [3.63, 3.8) is 0 Å². The van der Waals surface area contributed by atoms with Crippen LogP contribution in [0.3, 0.4) is 0 Å². The highest BCUT2D eigenvalue weighted by Gasteiger charge is 2.45. The standard InChI is InChI=1S/C16H21Cl2NO3/c1-19(2)15(20)14(16(21)8-4-3-5-9-16)22-13-7-6-11(17)10-12(13)18/h6-7,10,14,21H,3-5,8-9H2,1-2H3. The Morgan fingerprint density at radius 1 is 1.27 bits per heavy atom. The van der Waals surface area contributed by atoms with Gasteiger partial charge in [-0.3, -0.25) is 4.79 Å². The summed E-state index contributed by atoms with van der Waals surface area (Å²) in [5.74, 6) is 0.0840. The zero-order chi connectivity index (χ0) is 16.3. The van der Waals surface area contributed by atoms with Gasteiger partial charge in [-0.15, -0.1) is 0 Å². The monoisotopic (exact) mass is 345 g/mol. The summed E-state index contributed by atoms with van der Waals surface area (Å²) >= 11 is 12.0. The van der Waals surface area contributed by atoms with E-state index in [4.69, 9.17) is 27.9 Å². The number of hydrogen-bond donors (Lipinski definition) is 1. The third-order valence-electron chi connectivity index (χ3n) is 4.01. The number of nitrogens with zero attached hydrogens (tertiary/aromatic N) is 1. The lowest BCUT2D eigenvalue weighted by atomic mass is 9.80. The maximum absolute atomic E-state index is 12.5. The number of halogens is 2. The molecule has 2 rings (SSSR count). The normalized spacial score (nSPS) is 18.6. The molecule has 122 valence electrons. The van der Waals surface area contributed by atoms with Crippen molar-refractivity contribution in [2.24, 2.45) is 0 Å². The van der Waals surface area contributed by atoms with Gasteiger partial charge in [0.25, 0.3) is 5.91 Å². The smallest absolute Gasteiger partial charge is 0.266 e. The van der Waals surface area contributed by atoms with Crippen LogP contribution in [0.4, 0.5) is 0 Å². The Balaban J connectivity index is 2.30. The third-order valence-corrected chi connectivity index (χ3v) is 4.54. The second-order valence-corrected chi connectivity index (χ2v) is 6.81. The molecular formula is C16H21Cl2NO3. The summed E-state index contributed by atoms with van der Waals surface area (Å²) in [5.41, 5.74) is -1.16. The first kappa shape index (κ1) is 17.4. The van der Waals surface area contributed by atoms with Gasteiger partial charge in [-0.2, -0.15) is 0 Å². The second-order valence-electron chi connectivity index (χ2n) is 5.97. The summed E-state index contributed by atoms with van der Waals surface area (Å²) in [6.45, 7) is 0. The van der Waals surface area contributed by atoms with E-state index >= 15 is 0 Å². The third kappa shape index (κ3) is 3.86. The number of benzene rings is 1. The van der Waals surface area contributed by atoms with Crippen LogP contribution in [0.2, 0.25) is 10.0 Å². The van der Waals surface area contributed by atoms with Gasteiger partial charge in [-0.25, -0.2) is 0 Å². The van der Waals surface area contributed by atoms with Crippen molar-refractivity contribution in [3.05, 3.63) is 28.2 Å². The van der Waals surface area contributed by atoms with Crippen molar-refractivity contribution in [2.75, 3.05) is 14.1 Å². The lowest BCUT2D eigenvalue weighted by Gasteiger charge is -2.39. The Kier molecular flexibility index (Phi) is 5.59. The SMILES string of the molecule is CN(C)C(=O)C(Oc1ccc(Cl)cc1Cl)C1(O)CCCCC1. The van der Waals surface area contributed by atoms with E-state index < -0.39 is 11.7 Å². The molecule has 1 N–H and O–H groups in total. The van der Waals surface area contributed by atoms with Crippen LogP contribution in [0.25, 0.3) is 0 Å². The molecule has 1 aliphatic rings. The molecule has 0 aliphatic heterocycles. The fourth-order valence-corrected chi connectivity index (χ4v) is 3.20. The van der Waals surface area contributed by atoms with Gasteiger partial charge in [-0.1, -0.05) is 42.5 Å². The van der Waals surface area contributed by atoms with Crippen molar-refractivity contribution in [1.29, 1.82) is 0 Å². The van der Waals surface area contributed by atoms with E-state index in [1.807, 2.05) is 0 Å². The second kappa shape index (κ2) is 7.07. The fourth-order valence-electron chi connectivity index (χ4n) is 2.75. The Morgan fingerprint density at radius 3 is 2.45 bits per heavy atom. The number of carbonyl (C=O) groups excluding carboxylic acids is 1. The molecule has 1 aliphatic carbocycles. The van der Waals surface area contributed by atoms with Gasteiger partial charge in [0.2, 0.25) is 6.10 Å². The minimum absolute atomic E-state index is 0.268. The van der Waals surface area contributed by atoms with Crippen molar-refractivity contribution < 1.29 is 14.6 Å². The summed E-state index contributed by atoms with van der Waals surface area (Å²) in [5, 5.41) is 11.7. The largest absolute Gasteiger partial charge is 0.476 e. The van der Waals surface area contributed by atoms with Crippen molar-refractivity contribution in [3.8, 4) is 5.75 Å². The van der Waals surface area contributed by atoms with E-state index in [1.165, 1.54) is 4.90 Å². The highest BCUT2D eigenvalue weighted by Crippen LogP contribution is 2.36. The van der Waals surface area contributed by atoms with E-state index in [2.05, 4.69) is 0 Å². The average molecular weight is 346 g/mol. The van der Waals surface area contributed by atoms with Crippen molar-refractivity contribution in [2.45, 2.75) is 43.8 Å². The van der Waals surface area contributed by atoms with Gasteiger partial charge in [0, 0.05) is 19.1 Å². The Morgan fingerprint density at radius 2 is 1.91 bits per heavy atom. The first-order valence-electron chi connectivity index (χ1n) is 7.39. The molecule has 1 amide bonds. The highest BCUT2D eigenvalue weighted by atomic mass is 35.5. The zero-order valence-corrected chi connectivity index (χ0v) is 14.3. The molecule has 4 nitrogen and oxygen atoms in total. The molecule has 22 heavy (non-hydrogen) atoms. The van der Waals surface area contributed by atoms with Crippen molar-refractivity contribution >= 4 is 29.1 Å². The Bertz CT molecular complexity index is 542. The molecule has 1 fully saturated rings. The lowest BCUT2D eigenvalue weighted by Crippen LogP contribution is -2.55. The molecule has 1 saturated carbocycles. The van der Waals surface area contributed by atoms with Crippen LogP contribution >= 0.6 is 23.2 Å². The number of carbonyl (C=O) groups is 1. The van der Waals surface area contributed by atoms with E-state index in [0.29, 0.717) is 28.6 Å². The molecule has 0 saturated heterocycles. The van der Waals surface area contributed by atoms with Gasteiger partial charge in [0.05, 0.1) is 5.02 Å². The number of rotatable bonds is 4. The number of ether oxygens (including phenoxy) is 1. The molecule has 0 radical (unpaired) electrons. The van der Waals surface area contributed by atoms with Crippen LogP contribution in [0, 0.1) is 0 Å². The Labute approximate surface area is 141 Å². The predicted octanol–water partition coefficient (Wildman–Crippen LogP) is 3.52. The van der Waals surface area contributed by atoms with Crippen LogP contribution in [-0.4, -0.2) is 41.7 Å². The maximum Gasteiger partial charge on any atom is 0.266 e. The minimum atomic E-state index is -1.16. The van der Waals surface area contributed by atoms with Crippen molar-refractivity contribution in [1.82, 2.24) is 4.90 Å².